The zero-order chi connectivity index (χ0) is 6.97. The monoisotopic (exact) mass is 130 g/mol. The Kier molecular flexibility index (Phi) is 1.03. The Morgan fingerprint density at radius 2 is 2.30 bits per heavy atom. The number of hydrogen-bond donors (Lipinski definition) is 1. The van der Waals surface area contributed by atoms with Gasteiger partial charge in [-0.15, -0.1) is 0 Å². The molecule has 2 rings (SSSR count). The fourth-order valence-corrected chi connectivity index (χ4v) is 1.12. The van der Waals surface area contributed by atoms with Gasteiger partial charge in [-0.05, 0) is 6.07 Å². The smallest absolute Gasteiger partial charge is 0.140 e. The van der Waals surface area contributed by atoms with Crippen LogP contribution >= 0.6 is 0 Å². The molecule has 0 saturated carbocycles. The Bertz CT molecular complexity index is 353. The van der Waals surface area contributed by atoms with Crippen molar-refractivity contribution in [3.8, 4) is 0 Å². The minimum absolute atomic E-state index is 1.11. The maximum atomic E-state index is 3.94. The summed E-state index contributed by atoms with van der Waals surface area (Å²) in [6.07, 6.45) is 1.85. The number of aromatic amines is 1. The summed E-state index contributed by atoms with van der Waals surface area (Å²) in [5, 5.41) is 8.06. The molecule has 10 heavy (non-hydrogen) atoms. The molecule has 1 aromatic carbocycles. The van der Waals surface area contributed by atoms with E-state index in [2.05, 4.69) is 24.1 Å². The maximum Gasteiger partial charge on any atom is 0.140 e. The SMILES string of the molecule is Bc1cccc2[nH]ncc12. The summed E-state index contributed by atoms with van der Waals surface area (Å²) in [7, 11) is 2.08. The van der Waals surface area contributed by atoms with Crippen molar-refractivity contribution in [2.24, 2.45) is 0 Å². The lowest BCUT2D eigenvalue weighted by Crippen LogP contribution is -2.00. The molecule has 1 heterocycles. The number of H-pyrrole nitrogens is 1. The molecule has 1 N–H and O–H groups in total. The molecular formula is C7H7BN2. The number of rotatable bonds is 0. The number of aromatic nitrogens is 2. The van der Waals surface area contributed by atoms with E-state index in [1.165, 1.54) is 10.8 Å². The van der Waals surface area contributed by atoms with Crippen LogP contribution in [0.1, 0.15) is 0 Å². The first kappa shape index (κ1) is 5.53. The minimum Gasteiger partial charge on any atom is -0.278 e. The van der Waals surface area contributed by atoms with E-state index in [-0.39, 0.29) is 0 Å². The Morgan fingerprint density at radius 3 is 3.10 bits per heavy atom. The predicted molar refractivity (Wildman–Crippen MR) is 44.3 cm³/mol. The van der Waals surface area contributed by atoms with Gasteiger partial charge in [-0.25, -0.2) is 0 Å². The first-order valence-corrected chi connectivity index (χ1v) is 3.26. The number of nitrogens with one attached hydrogen (secondary N) is 1. The van der Waals surface area contributed by atoms with E-state index >= 15 is 0 Å². The fourth-order valence-electron chi connectivity index (χ4n) is 1.12. The van der Waals surface area contributed by atoms with Gasteiger partial charge in [0.2, 0.25) is 0 Å². The lowest BCUT2D eigenvalue weighted by molar-refractivity contribution is 1.12. The molecule has 48 valence electrons. The molecule has 0 fully saturated rings. The Morgan fingerprint density at radius 1 is 1.40 bits per heavy atom. The van der Waals surface area contributed by atoms with E-state index in [1.54, 1.807) is 0 Å². The second-order valence-electron chi connectivity index (χ2n) is 2.41. The summed E-state index contributed by atoms with van der Waals surface area (Å²) in [5.74, 6) is 0. The average molecular weight is 130 g/mol. The highest BCUT2D eigenvalue weighted by Crippen LogP contribution is 2.04. The highest BCUT2D eigenvalue weighted by molar-refractivity contribution is 6.38. The zero-order valence-corrected chi connectivity index (χ0v) is 5.76. The van der Waals surface area contributed by atoms with Crippen molar-refractivity contribution in [3.63, 3.8) is 0 Å². The van der Waals surface area contributed by atoms with Crippen LogP contribution in [0, 0.1) is 0 Å². The number of benzene rings is 1. The zero-order valence-electron chi connectivity index (χ0n) is 5.76. The van der Waals surface area contributed by atoms with Crippen LogP contribution in [-0.2, 0) is 0 Å². The first-order valence-electron chi connectivity index (χ1n) is 3.26. The van der Waals surface area contributed by atoms with E-state index in [4.69, 9.17) is 0 Å². The van der Waals surface area contributed by atoms with Crippen molar-refractivity contribution >= 4 is 24.2 Å². The lowest BCUT2D eigenvalue weighted by atomic mass is 9.93. The Labute approximate surface area is 59.7 Å². The van der Waals surface area contributed by atoms with Gasteiger partial charge in [-0.2, -0.15) is 5.10 Å². The molecule has 0 atom stereocenters. The quantitative estimate of drug-likeness (QED) is 0.492. The van der Waals surface area contributed by atoms with E-state index < -0.39 is 0 Å². The van der Waals surface area contributed by atoms with Crippen molar-refractivity contribution in [2.75, 3.05) is 0 Å². The van der Waals surface area contributed by atoms with Gasteiger partial charge in [0, 0.05) is 5.39 Å². The summed E-state index contributed by atoms with van der Waals surface area (Å²) in [4.78, 5) is 0. The van der Waals surface area contributed by atoms with Gasteiger partial charge in [0.15, 0.2) is 0 Å². The summed E-state index contributed by atoms with van der Waals surface area (Å²) in [6, 6.07) is 6.13. The highest BCUT2D eigenvalue weighted by atomic mass is 15.1. The first-order chi connectivity index (χ1) is 4.88. The van der Waals surface area contributed by atoms with Crippen LogP contribution in [0.5, 0.6) is 0 Å². The molecular weight excluding hydrogens is 123 g/mol. The van der Waals surface area contributed by atoms with E-state index in [0.717, 1.165) is 5.52 Å². The van der Waals surface area contributed by atoms with Crippen LogP contribution in [0.3, 0.4) is 0 Å². The van der Waals surface area contributed by atoms with Crippen molar-refractivity contribution in [1.29, 1.82) is 0 Å². The molecule has 0 spiro atoms. The van der Waals surface area contributed by atoms with Crippen LogP contribution in [0.4, 0.5) is 0 Å². The topological polar surface area (TPSA) is 28.7 Å². The Hall–Kier alpha value is -1.25. The van der Waals surface area contributed by atoms with Gasteiger partial charge in [-0.1, -0.05) is 17.6 Å². The predicted octanol–water partition coefficient (Wildman–Crippen LogP) is -0.179. The van der Waals surface area contributed by atoms with Gasteiger partial charge in [-0.3, -0.25) is 5.10 Å². The molecule has 0 aliphatic rings. The minimum atomic E-state index is 1.11. The van der Waals surface area contributed by atoms with Crippen LogP contribution in [0.2, 0.25) is 0 Å². The summed E-state index contributed by atoms with van der Waals surface area (Å²) in [5.41, 5.74) is 2.38. The summed E-state index contributed by atoms with van der Waals surface area (Å²) in [6.45, 7) is 0. The Balaban J connectivity index is 2.95. The number of nitrogens with zero attached hydrogens (tertiary/aromatic N) is 1. The molecule has 0 aliphatic carbocycles. The maximum absolute atomic E-state index is 3.94. The van der Waals surface area contributed by atoms with Crippen molar-refractivity contribution in [1.82, 2.24) is 10.2 Å². The molecule has 0 amide bonds. The van der Waals surface area contributed by atoms with Gasteiger partial charge in [0.1, 0.15) is 7.85 Å². The lowest BCUT2D eigenvalue weighted by Gasteiger charge is -1.90. The molecule has 0 unspecified atom stereocenters. The number of hydrogen-bond acceptors (Lipinski definition) is 1. The van der Waals surface area contributed by atoms with Gasteiger partial charge in [0.05, 0.1) is 11.7 Å². The summed E-state index contributed by atoms with van der Waals surface area (Å²) < 4.78 is 0. The van der Waals surface area contributed by atoms with Gasteiger partial charge in [0.25, 0.3) is 0 Å². The molecule has 0 aliphatic heterocycles. The van der Waals surface area contributed by atoms with Gasteiger partial charge < -0.3 is 0 Å². The standard InChI is InChI=1S/C7H7BN2/c8-6-2-1-3-7-5(6)4-9-10-7/h1-4H,8H2,(H,9,10). The third kappa shape index (κ3) is 0.636. The van der Waals surface area contributed by atoms with Crippen molar-refractivity contribution in [2.45, 2.75) is 0 Å². The number of fused-ring (bicyclic) bond motifs is 1. The second kappa shape index (κ2) is 1.87. The van der Waals surface area contributed by atoms with E-state index in [1.807, 2.05) is 18.3 Å². The molecule has 1 aromatic heterocycles. The molecule has 2 nitrogen and oxygen atoms in total. The van der Waals surface area contributed by atoms with Crippen LogP contribution in [-0.4, -0.2) is 18.0 Å². The van der Waals surface area contributed by atoms with Crippen molar-refractivity contribution in [3.05, 3.63) is 24.4 Å². The molecule has 0 saturated heterocycles. The van der Waals surface area contributed by atoms with Crippen LogP contribution in [0.25, 0.3) is 10.9 Å². The average Bonchev–Trinajstić information content (AvgIpc) is 2.36. The van der Waals surface area contributed by atoms with E-state index in [9.17, 15) is 0 Å². The highest BCUT2D eigenvalue weighted by Gasteiger charge is 1.94. The molecule has 2 aromatic rings. The van der Waals surface area contributed by atoms with Crippen LogP contribution < -0.4 is 5.46 Å². The second-order valence-corrected chi connectivity index (χ2v) is 2.41. The normalized spacial score (nSPS) is 10.4. The molecule has 3 heteroatoms. The third-order valence-electron chi connectivity index (χ3n) is 1.70. The summed E-state index contributed by atoms with van der Waals surface area (Å²) >= 11 is 0. The van der Waals surface area contributed by atoms with Gasteiger partial charge >= 0.3 is 0 Å². The van der Waals surface area contributed by atoms with E-state index in [0.29, 0.717) is 0 Å². The molecule has 0 bridgehead atoms. The third-order valence-corrected chi connectivity index (χ3v) is 1.70. The molecule has 0 radical (unpaired) electrons. The van der Waals surface area contributed by atoms with Crippen LogP contribution in [0.15, 0.2) is 24.4 Å². The fraction of sp³-hybridized carbons (Fsp3) is 0. The largest absolute Gasteiger partial charge is 0.278 e. The van der Waals surface area contributed by atoms with Crippen molar-refractivity contribution < 1.29 is 0 Å².